The van der Waals surface area contributed by atoms with Gasteiger partial charge in [0.25, 0.3) is 0 Å². The van der Waals surface area contributed by atoms with Gasteiger partial charge in [0.1, 0.15) is 0 Å². The van der Waals surface area contributed by atoms with Crippen LogP contribution in [0.3, 0.4) is 0 Å². The van der Waals surface area contributed by atoms with Gasteiger partial charge in [0.05, 0.1) is 10.7 Å². The normalized spacial score (nSPS) is 10.3. The monoisotopic (exact) mass is 421 g/mol. The third-order valence-electron chi connectivity index (χ3n) is 2.33. The van der Waals surface area contributed by atoms with Gasteiger partial charge in [0, 0.05) is 14.6 Å². The van der Waals surface area contributed by atoms with Crippen LogP contribution in [-0.2, 0) is 6.54 Å². The van der Waals surface area contributed by atoms with Crippen molar-refractivity contribution in [2.75, 3.05) is 5.32 Å². The van der Waals surface area contributed by atoms with E-state index in [-0.39, 0.29) is 0 Å². The molecule has 0 saturated carbocycles. The zero-order chi connectivity index (χ0) is 12.3. The maximum Gasteiger partial charge on any atom is 0.0648 e. The quantitative estimate of drug-likeness (QED) is 0.661. The molecule has 0 bridgehead atoms. The lowest BCUT2D eigenvalue weighted by Gasteiger charge is -2.08. The van der Waals surface area contributed by atoms with Crippen molar-refractivity contribution < 1.29 is 0 Å². The van der Waals surface area contributed by atoms with Gasteiger partial charge in [-0.05, 0) is 58.5 Å². The Balaban J connectivity index is 2.04. The molecule has 0 amide bonds. The van der Waals surface area contributed by atoms with Crippen molar-refractivity contribution in [3.8, 4) is 0 Å². The number of anilines is 1. The van der Waals surface area contributed by atoms with Crippen molar-refractivity contribution in [1.82, 2.24) is 0 Å². The number of nitrogens with one attached hydrogen (secondary N) is 1. The van der Waals surface area contributed by atoms with Gasteiger partial charge < -0.3 is 5.32 Å². The Kier molecular flexibility index (Phi) is 4.70. The first-order chi connectivity index (χ1) is 8.15. The van der Waals surface area contributed by atoms with E-state index in [4.69, 9.17) is 11.6 Å². The molecule has 88 valence electrons. The third kappa shape index (κ3) is 3.86. The van der Waals surface area contributed by atoms with Gasteiger partial charge in [-0.3, -0.25) is 0 Å². The fraction of sp³-hybridized carbons (Fsp3) is 0.0769. The van der Waals surface area contributed by atoms with E-state index in [0.717, 1.165) is 25.3 Å². The molecule has 0 atom stereocenters. The first kappa shape index (κ1) is 13.2. The lowest BCUT2D eigenvalue weighted by molar-refractivity contribution is 1.15. The topological polar surface area (TPSA) is 12.0 Å². The highest BCUT2D eigenvalue weighted by Gasteiger charge is 2.00. The largest absolute Gasteiger partial charge is 0.380 e. The molecule has 0 unspecified atom stereocenters. The SMILES string of the molecule is Clc1cc(I)ccc1NCc1ccc(Br)cc1. The molecule has 0 spiro atoms. The van der Waals surface area contributed by atoms with Crippen LogP contribution in [0.25, 0.3) is 0 Å². The highest BCUT2D eigenvalue weighted by Crippen LogP contribution is 2.24. The Morgan fingerprint density at radius 2 is 1.82 bits per heavy atom. The van der Waals surface area contributed by atoms with Crippen molar-refractivity contribution in [2.24, 2.45) is 0 Å². The molecule has 0 aromatic heterocycles. The molecule has 17 heavy (non-hydrogen) atoms. The average Bonchev–Trinajstić information content (AvgIpc) is 2.30. The summed E-state index contributed by atoms with van der Waals surface area (Å²) in [5, 5.41) is 4.08. The predicted molar refractivity (Wildman–Crippen MR) is 85.6 cm³/mol. The van der Waals surface area contributed by atoms with Crippen molar-refractivity contribution in [3.63, 3.8) is 0 Å². The van der Waals surface area contributed by atoms with E-state index in [2.05, 4.69) is 56.0 Å². The summed E-state index contributed by atoms with van der Waals surface area (Å²) in [6, 6.07) is 14.2. The number of rotatable bonds is 3. The summed E-state index contributed by atoms with van der Waals surface area (Å²) < 4.78 is 2.23. The van der Waals surface area contributed by atoms with Crippen LogP contribution < -0.4 is 5.32 Å². The second kappa shape index (κ2) is 6.07. The van der Waals surface area contributed by atoms with Crippen LogP contribution in [0.5, 0.6) is 0 Å². The van der Waals surface area contributed by atoms with Crippen molar-refractivity contribution >= 4 is 55.8 Å². The second-order valence-corrected chi connectivity index (χ2v) is 6.17. The summed E-state index contributed by atoms with van der Waals surface area (Å²) in [5.74, 6) is 0. The number of hydrogen-bond donors (Lipinski definition) is 1. The Labute approximate surface area is 128 Å². The molecule has 0 saturated heterocycles. The average molecular weight is 422 g/mol. The van der Waals surface area contributed by atoms with Crippen LogP contribution in [0, 0.1) is 3.57 Å². The van der Waals surface area contributed by atoms with E-state index >= 15 is 0 Å². The minimum absolute atomic E-state index is 0.758. The molecule has 0 aliphatic heterocycles. The van der Waals surface area contributed by atoms with E-state index in [1.54, 1.807) is 0 Å². The smallest absolute Gasteiger partial charge is 0.0648 e. The van der Waals surface area contributed by atoms with Crippen LogP contribution in [0.2, 0.25) is 5.02 Å². The Morgan fingerprint density at radius 3 is 2.47 bits per heavy atom. The molecule has 1 nitrogen and oxygen atoms in total. The van der Waals surface area contributed by atoms with Crippen LogP contribution in [0.4, 0.5) is 5.69 Å². The minimum Gasteiger partial charge on any atom is -0.380 e. The summed E-state index contributed by atoms with van der Waals surface area (Å²) in [4.78, 5) is 0. The predicted octanol–water partition coefficient (Wildman–Crippen LogP) is 5.32. The van der Waals surface area contributed by atoms with Crippen LogP contribution >= 0.6 is 50.1 Å². The summed E-state index contributed by atoms with van der Waals surface area (Å²) in [7, 11) is 0. The standard InChI is InChI=1S/C13H10BrClIN/c14-10-3-1-9(2-4-10)8-17-13-6-5-11(16)7-12(13)15/h1-7,17H,8H2. The number of benzene rings is 2. The zero-order valence-electron chi connectivity index (χ0n) is 8.88. The lowest BCUT2D eigenvalue weighted by atomic mass is 10.2. The zero-order valence-corrected chi connectivity index (χ0v) is 13.4. The Morgan fingerprint density at radius 1 is 1.12 bits per heavy atom. The molecule has 2 rings (SSSR count). The molecule has 0 heterocycles. The maximum absolute atomic E-state index is 6.15. The van der Waals surface area contributed by atoms with Crippen molar-refractivity contribution in [2.45, 2.75) is 6.54 Å². The first-order valence-corrected chi connectivity index (χ1v) is 7.33. The van der Waals surface area contributed by atoms with Gasteiger partial charge in [-0.1, -0.05) is 39.7 Å². The van der Waals surface area contributed by atoms with Gasteiger partial charge in [-0.25, -0.2) is 0 Å². The van der Waals surface area contributed by atoms with E-state index in [1.165, 1.54) is 5.56 Å². The van der Waals surface area contributed by atoms with E-state index in [0.29, 0.717) is 0 Å². The number of halogens is 3. The summed E-state index contributed by atoms with van der Waals surface area (Å²) in [6.07, 6.45) is 0. The highest BCUT2D eigenvalue weighted by molar-refractivity contribution is 14.1. The molecule has 1 N–H and O–H groups in total. The van der Waals surface area contributed by atoms with E-state index in [9.17, 15) is 0 Å². The van der Waals surface area contributed by atoms with Crippen LogP contribution in [0.15, 0.2) is 46.9 Å². The number of hydrogen-bond acceptors (Lipinski definition) is 1. The summed E-state index contributed by atoms with van der Waals surface area (Å²) in [6.45, 7) is 0.771. The van der Waals surface area contributed by atoms with Gasteiger partial charge >= 0.3 is 0 Å². The van der Waals surface area contributed by atoms with Crippen molar-refractivity contribution in [1.29, 1.82) is 0 Å². The summed E-state index contributed by atoms with van der Waals surface area (Å²) >= 11 is 11.8. The molecular formula is C13H10BrClIN. The van der Waals surface area contributed by atoms with E-state index < -0.39 is 0 Å². The van der Waals surface area contributed by atoms with Gasteiger partial charge in [0.2, 0.25) is 0 Å². The second-order valence-electron chi connectivity index (χ2n) is 3.60. The van der Waals surface area contributed by atoms with Crippen molar-refractivity contribution in [3.05, 3.63) is 61.1 Å². The Hall–Kier alpha value is -0.260. The van der Waals surface area contributed by atoms with Crippen LogP contribution in [-0.4, -0.2) is 0 Å². The molecule has 4 heteroatoms. The molecule has 0 aliphatic rings. The van der Waals surface area contributed by atoms with Gasteiger partial charge in [0.15, 0.2) is 0 Å². The first-order valence-electron chi connectivity index (χ1n) is 5.08. The lowest BCUT2D eigenvalue weighted by Crippen LogP contribution is -1.99. The molecule has 2 aromatic rings. The third-order valence-corrected chi connectivity index (χ3v) is 3.84. The van der Waals surface area contributed by atoms with Gasteiger partial charge in [-0.2, -0.15) is 0 Å². The minimum atomic E-state index is 0.758. The molecule has 0 aliphatic carbocycles. The van der Waals surface area contributed by atoms with Gasteiger partial charge in [-0.15, -0.1) is 0 Å². The molecular weight excluding hydrogens is 412 g/mol. The fourth-order valence-electron chi connectivity index (χ4n) is 1.43. The highest BCUT2D eigenvalue weighted by atomic mass is 127. The molecule has 2 aromatic carbocycles. The maximum atomic E-state index is 6.15. The summed E-state index contributed by atoms with van der Waals surface area (Å²) in [5.41, 5.74) is 2.19. The molecule has 0 radical (unpaired) electrons. The molecule has 0 fully saturated rings. The van der Waals surface area contributed by atoms with E-state index in [1.807, 2.05) is 30.3 Å². The Bertz CT molecular complexity index is 513. The van der Waals surface area contributed by atoms with Crippen LogP contribution in [0.1, 0.15) is 5.56 Å². The fourth-order valence-corrected chi connectivity index (χ4v) is 2.62.